The summed E-state index contributed by atoms with van der Waals surface area (Å²) in [6, 6.07) is -1.57. The van der Waals surface area contributed by atoms with Crippen LogP contribution in [-0.2, 0) is 20.8 Å². The summed E-state index contributed by atoms with van der Waals surface area (Å²) in [4.78, 5) is 40.6. The Bertz CT molecular complexity index is 1370. The first kappa shape index (κ1) is 27.1. The lowest BCUT2D eigenvalue weighted by Crippen LogP contribution is -2.65. The molecule has 1 aromatic rings. The largest absolute Gasteiger partial charge is 0.508 e. The van der Waals surface area contributed by atoms with E-state index in [1.165, 1.54) is 19.0 Å². The highest BCUT2D eigenvalue weighted by Crippen LogP contribution is 2.55. The molecular formula is C27H33FN4O7. The second kappa shape index (κ2) is 9.32. The van der Waals surface area contributed by atoms with E-state index < -0.39 is 69.6 Å². The summed E-state index contributed by atoms with van der Waals surface area (Å²) in [5.41, 5.74) is 1.55. The molecule has 1 aliphatic heterocycles. The fraction of sp³-hybridized carbons (Fsp3) is 0.519. The van der Waals surface area contributed by atoms with Gasteiger partial charge in [0.2, 0.25) is 5.78 Å². The minimum absolute atomic E-state index is 0.0314. The Morgan fingerprint density at radius 3 is 2.56 bits per heavy atom. The Morgan fingerprint density at radius 2 is 1.95 bits per heavy atom. The number of ketones is 2. The van der Waals surface area contributed by atoms with E-state index in [0.29, 0.717) is 19.5 Å². The average molecular weight is 545 g/mol. The average Bonchev–Trinajstić information content (AvgIpc) is 2.87. The molecule has 1 fully saturated rings. The molecule has 0 radical (unpaired) electrons. The summed E-state index contributed by atoms with van der Waals surface area (Å²) in [6.45, 7) is 3.06. The Hall–Kier alpha value is -3.48. The molecule has 210 valence electrons. The molecule has 5 atom stereocenters. The lowest BCUT2D eigenvalue weighted by molar-refractivity contribution is -0.153. The number of hydrogen-bond acceptors (Lipinski definition) is 10. The predicted octanol–water partition coefficient (Wildman–Crippen LogP) is 0.959. The van der Waals surface area contributed by atoms with Crippen LogP contribution in [0.2, 0.25) is 0 Å². The molecule has 12 heteroatoms. The number of rotatable bonds is 5. The number of primary amides is 1. The third-order valence-corrected chi connectivity index (χ3v) is 8.58. The highest BCUT2D eigenvalue weighted by Gasteiger charge is 2.64. The van der Waals surface area contributed by atoms with Crippen molar-refractivity contribution in [1.82, 2.24) is 10.2 Å². The minimum atomic E-state index is -2.74. The molecule has 1 saturated carbocycles. The number of Topliss-reactive ketones (excluding diaryl/α,β-unsaturated/α-hetero) is 2. The normalized spacial score (nSPS) is 30.0. The first-order chi connectivity index (χ1) is 18.4. The Morgan fingerprint density at radius 1 is 1.26 bits per heavy atom. The second-order valence-corrected chi connectivity index (χ2v) is 11.0. The van der Waals surface area contributed by atoms with E-state index in [4.69, 9.17) is 5.73 Å². The third-order valence-electron chi connectivity index (χ3n) is 8.58. The van der Waals surface area contributed by atoms with Crippen molar-refractivity contribution in [3.63, 3.8) is 0 Å². The van der Waals surface area contributed by atoms with Gasteiger partial charge in [-0.3, -0.25) is 19.3 Å². The van der Waals surface area contributed by atoms with E-state index in [-0.39, 0.29) is 46.8 Å². The number of aliphatic hydroxyl groups is 3. The molecule has 0 bridgehead atoms. The zero-order chi connectivity index (χ0) is 28.5. The zero-order valence-corrected chi connectivity index (χ0v) is 22.0. The molecule has 0 aromatic heterocycles. The number of phenolic OH excluding ortho intramolecular Hbond substituents is 1. The van der Waals surface area contributed by atoms with Gasteiger partial charge in [0.15, 0.2) is 11.4 Å². The van der Waals surface area contributed by atoms with Crippen LogP contribution in [0.5, 0.6) is 5.75 Å². The summed E-state index contributed by atoms with van der Waals surface area (Å²) >= 11 is 0. The number of aliphatic hydroxyl groups excluding tert-OH is 2. The Labute approximate surface area is 224 Å². The molecule has 8 N–H and O–H groups in total. The van der Waals surface area contributed by atoms with Gasteiger partial charge in [-0.1, -0.05) is 6.92 Å². The first-order valence-electron chi connectivity index (χ1n) is 13.1. The van der Waals surface area contributed by atoms with Crippen molar-refractivity contribution in [3.8, 4) is 5.75 Å². The number of carbonyl (C=O) groups is 3. The van der Waals surface area contributed by atoms with E-state index in [1.807, 2.05) is 6.92 Å². The van der Waals surface area contributed by atoms with Crippen molar-refractivity contribution in [2.75, 3.05) is 32.5 Å². The maximum atomic E-state index is 16.2. The Kier molecular flexibility index (Phi) is 6.47. The summed E-state index contributed by atoms with van der Waals surface area (Å²) in [5, 5.41) is 51.4. The fourth-order valence-corrected chi connectivity index (χ4v) is 6.87. The molecule has 1 aromatic carbocycles. The lowest BCUT2D eigenvalue weighted by Gasteiger charge is -2.50. The molecule has 1 heterocycles. The number of amides is 1. The number of nitrogens with two attached hydrogens (primary N) is 1. The van der Waals surface area contributed by atoms with Crippen LogP contribution in [-0.4, -0.2) is 81.6 Å². The summed E-state index contributed by atoms with van der Waals surface area (Å²) in [7, 11) is 3.04. The smallest absolute Gasteiger partial charge is 0.255 e. The number of benzene rings is 1. The number of halogens is 1. The number of anilines is 1. The number of phenols is 1. The van der Waals surface area contributed by atoms with Gasteiger partial charge in [0.1, 0.15) is 28.7 Å². The summed E-state index contributed by atoms with van der Waals surface area (Å²) < 4.78 is 16.2. The number of carbonyl (C=O) groups excluding carboxylic acids is 3. The van der Waals surface area contributed by atoms with Crippen molar-refractivity contribution < 1.29 is 39.2 Å². The van der Waals surface area contributed by atoms with Crippen LogP contribution in [0.15, 0.2) is 16.9 Å². The van der Waals surface area contributed by atoms with Crippen LogP contribution in [0.4, 0.5) is 10.1 Å². The molecule has 3 aliphatic carbocycles. The van der Waals surface area contributed by atoms with Gasteiger partial charge in [-0.15, -0.1) is 0 Å². The van der Waals surface area contributed by atoms with Crippen molar-refractivity contribution in [2.45, 2.75) is 50.3 Å². The van der Waals surface area contributed by atoms with E-state index in [2.05, 4.69) is 10.6 Å². The van der Waals surface area contributed by atoms with E-state index >= 15 is 4.39 Å². The number of aromatic hydroxyl groups is 1. The SMILES string of the molecule is CCCNC1CCNc2c(O)c3c(c(F)c21)C[C@H]1C[C@H]2[C@H](N(C)C)C(=O)C(C(N)=O)=C(O)[C@@]2(O)C(=O)C1=C3O. The van der Waals surface area contributed by atoms with Gasteiger partial charge >= 0.3 is 0 Å². The topological polar surface area (TPSA) is 185 Å². The first-order valence-corrected chi connectivity index (χ1v) is 13.1. The number of hydrogen-bond donors (Lipinski definition) is 7. The summed E-state index contributed by atoms with van der Waals surface area (Å²) in [5.74, 6) is -8.23. The molecule has 1 unspecified atom stereocenters. The van der Waals surface area contributed by atoms with E-state index in [9.17, 15) is 34.8 Å². The highest BCUT2D eigenvalue weighted by molar-refractivity contribution is 6.24. The third kappa shape index (κ3) is 3.61. The molecule has 11 nitrogen and oxygen atoms in total. The van der Waals surface area contributed by atoms with Crippen molar-refractivity contribution in [3.05, 3.63) is 39.4 Å². The molecule has 0 saturated heterocycles. The van der Waals surface area contributed by atoms with Crippen LogP contribution in [0.1, 0.15) is 48.9 Å². The number of fused-ring (bicyclic) bond motifs is 4. The maximum Gasteiger partial charge on any atom is 0.255 e. The van der Waals surface area contributed by atoms with Crippen molar-refractivity contribution >= 4 is 28.9 Å². The van der Waals surface area contributed by atoms with Crippen LogP contribution in [0.3, 0.4) is 0 Å². The van der Waals surface area contributed by atoms with Gasteiger partial charge in [0.25, 0.3) is 5.91 Å². The van der Waals surface area contributed by atoms with Gasteiger partial charge in [-0.25, -0.2) is 4.39 Å². The standard InChI is InChI=1S/C27H33FN4O7/c1-4-6-30-13-5-7-31-19-16(13)18(28)11-8-10-9-12-20(32(2)3)23(35)17(26(29)38)25(37)27(12,39)24(36)14(10)21(33)15(11)22(19)34/h10,12-13,20,30-31,33-34,37,39H,4-9H2,1-3H3,(H2,29,38)/t10-,12-,13?,20-,27-/m0/s1. The minimum Gasteiger partial charge on any atom is -0.508 e. The Balaban J connectivity index is 1.71. The highest BCUT2D eigenvalue weighted by atomic mass is 19.1. The van der Waals surface area contributed by atoms with Gasteiger partial charge in [0, 0.05) is 35.2 Å². The van der Waals surface area contributed by atoms with Gasteiger partial charge < -0.3 is 36.8 Å². The van der Waals surface area contributed by atoms with Crippen molar-refractivity contribution in [1.29, 1.82) is 0 Å². The molecular weight excluding hydrogens is 511 g/mol. The second-order valence-electron chi connectivity index (χ2n) is 11.0. The van der Waals surface area contributed by atoms with E-state index in [1.54, 1.807) is 0 Å². The van der Waals surface area contributed by atoms with Gasteiger partial charge in [-0.05, 0) is 52.2 Å². The van der Waals surface area contributed by atoms with Gasteiger partial charge in [0.05, 0.1) is 17.3 Å². The van der Waals surface area contributed by atoms with Crippen LogP contribution in [0.25, 0.3) is 5.76 Å². The number of likely N-dealkylation sites (N-methyl/N-ethyl adjacent to an activating group) is 1. The molecule has 0 spiro atoms. The summed E-state index contributed by atoms with van der Waals surface area (Å²) in [6.07, 6.45) is 1.21. The van der Waals surface area contributed by atoms with Crippen LogP contribution >= 0.6 is 0 Å². The zero-order valence-electron chi connectivity index (χ0n) is 22.0. The fourth-order valence-electron chi connectivity index (χ4n) is 6.87. The lowest BCUT2D eigenvalue weighted by atomic mass is 9.57. The molecule has 5 rings (SSSR count). The van der Waals surface area contributed by atoms with Crippen molar-refractivity contribution in [2.24, 2.45) is 17.6 Å². The van der Waals surface area contributed by atoms with Gasteiger partial charge in [-0.2, -0.15) is 0 Å². The molecule has 1 amide bonds. The van der Waals surface area contributed by atoms with Crippen LogP contribution < -0.4 is 16.4 Å². The van der Waals surface area contributed by atoms with Crippen LogP contribution in [0, 0.1) is 17.7 Å². The molecule has 39 heavy (non-hydrogen) atoms. The number of nitrogens with zero attached hydrogens (tertiary/aromatic N) is 1. The predicted molar refractivity (Wildman–Crippen MR) is 138 cm³/mol. The molecule has 4 aliphatic rings. The maximum absolute atomic E-state index is 16.2. The quantitative estimate of drug-likeness (QED) is 0.208. The van der Waals surface area contributed by atoms with E-state index in [0.717, 1.165) is 6.42 Å². The monoisotopic (exact) mass is 544 g/mol. The number of nitrogens with one attached hydrogen (secondary N) is 2.